The lowest BCUT2D eigenvalue weighted by atomic mass is 9.59. The van der Waals surface area contributed by atoms with Crippen molar-refractivity contribution >= 4 is 0 Å². The molecule has 0 fully saturated rings. The van der Waals surface area contributed by atoms with Crippen LogP contribution in [0.1, 0.15) is 41.3 Å². The molecule has 0 saturated carbocycles. The first-order chi connectivity index (χ1) is 13.5. The molecule has 0 saturated heterocycles. The molecule has 1 aliphatic carbocycles. The summed E-state index contributed by atoms with van der Waals surface area (Å²) in [6.07, 6.45) is -2.03. The molecule has 0 amide bonds. The molecule has 4 atom stereocenters. The van der Waals surface area contributed by atoms with Crippen LogP contribution in [0, 0.1) is 0 Å². The van der Waals surface area contributed by atoms with Gasteiger partial charge in [0.2, 0.25) is 13.6 Å². The molecule has 2 aromatic carbocycles. The topological polar surface area (TPSA) is 80.6 Å². The van der Waals surface area contributed by atoms with Crippen molar-refractivity contribution in [2.45, 2.75) is 37.1 Å². The fraction of sp³-hybridized carbons (Fsp3) is 0.429. The van der Waals surface area contributed by atoms with Gasteiger partial charge < -0.3 is 29.2 Å². The predicted molar refractivity (Wildman–Crippen MR) is 97.7 cm³/mol. The van der Waals surface area contributed by atoms with E-state index in [-0.39, 0.29) is 19.6 Å². The van der Waals surface area contributed by atoms with Crippen LogP contribution in [0.15, 0.2) is 24.3 Å². The second kappa shape index (κ2) is 5.31. The third-order valence-corrected chi connectivity index (χ3v) is 6.74. The monoisotopic (exact) mass is 383 g/mol. The zero-order chi connectivity index (χ0) is 19.2. The van der Waals surface area contributed by atoms with Crippen molar-refractivity contribution in [2.24, 2.45) is 0 Å². The normalized spacial score (nSPS) is 31.9. The SMILES string of the molecule is CN1Cc2c(ccc3c2OCO3)C2(C)C(O)C(O)c3cc4c(cc3C12)OCO4. The van der Waals surface area contributed by atoms with Crippen molar-refractivity contribution in [3.63, 3.8) is 0 Å². The molecule has 4 unspecified atom stereocenters. The molecular formula is C21H21NO6. The molecule has 0 bridgehead atoms. The standard InChI is InChI=1S/C21H21NO6/c1-21-13-3-4-14-18(28-9-25-14)12(13)7-22(2)19(21)11-6-16-15(26-8-27-16)5-10(11)17(23)20(21)24/h3-6,17,19-20,23-24H,7-9H2,1-2H3. The third kappa shape index (κ3) is 1.84. The lowest BCUT2D eigenvalue weighted by molar-refractivity contribution is -0.0785. The summed E-state index contributed by atoms with van der Waals surface area (Å²) in [5.74, 6) is 2.75. The van der Waals surface area contributed by atoms with Crippen molar-refractivity contribution in [3.8, 4) is 23.0 Å². The average Bonchev–Trinajstić information content (AvgIpc) is 3.33. The Hall–Kier alpha value is -2.48. The minimum Gasteiger partial charge on any atom is -0.454 e. The van der Waals surface area contributed by atoms with E-state index in [0.717, 1.165) is 28.2 Å². The van der Waals surface area contributed by atoms with Crippen LogP contribution < -0.4 is 18.9 Å². The molecule has 0 spiro atoms. The van der Waals surface area contributed by atoms with E-state index in [1.54, 1.807) is 6.07 Å². The first-order valence-corrected chi connectivity index (χ1v) is 9.42. The van der Waals surface area contributed by atoms with Crippen LogP contribution in [-0.2, 0) is 12.0 Å². The maximum Gasteiger partial charge on any atom is 0.231 e. The minimum atomic E-state index is -1.03. The number of fused-ring (bicyclic) bond motifs is 8. The molecule has 0 radical (unpaired) electrons. The van der Waals surface area contributed by atoms with Crippen molar-refractivity contribution in [2.75, 3.05) is 20.6 Å². The highest BCUT2D eigenvalue weighted by Crippen LogP contribution is 2.59. The van der Waals surface area contributed by atoms with Gasteiger partial charge in [-0.25, -0.2) is 0 Å². The molecule has 7 nitrogen and oxygen atoms in total. The van der Waals surface area contributed by atoms with Crippen LogP contribution >= 0.6 is 0 Å². The van der Waals surface area contributed by atoms with Gasteiger partial charge in [0.15, 0.2) is 23.0 Å². The van der Waals surface area contributed by atoms with Gasteiger partial charge in [0, 0.05) is 23.6 Å². The van der Waals surface area contributed by atoms with Crippen molar-refractivity contribution in [3.05, 3.63) is 46.5 Å². The van der Waals surface area contributed by atoms with Crippen molar-refractivity contribution in [1.29, 1.82) is 0 Å². The van der Waals surface area contributed by atoms with Gasteiger partial charge >= 0.3 is 0 Å². The Morgan fingerprint density at radius 3 is 2.43 bits per heavy atom. The number of likely N-dealkylation sites (N-methyl/N-ethyl adjacent to an activating group) is 1. The highest BCUT2D eigenvalue weighted by Gasteiger charge is 2.56. The first kappa shape index (κ1) is 16.5. The highest BCUT2D eigenvalue weighted by atomic mass is 16.7. The number of hydrogen-bond donors (Lipinski definition) is 2. The molecule has 28 heavy (non-hydrogen) atoms. The Labute approximate surface area is 162 Å². The summed E-state index contributed by atoms with van der Waals surface area (Å²) >= 11 is 0. The van der Waals surface area contributed by atoms with E-state index in [2.05, 4.69) is 4.90 Å². The zero-order valence-corrected chi connectivity index (χ0v) is 15.6. The Kier molecular flexibility index (Phi) is 3.13. The van der Waals surface area contributed by atoms with Gasteiger partial charge in [-0.05, 0) is 41.9 Å². The maximum atomic E-state index is 11.3. The van der Waals surface area contributed by atoms with Gasteiger partial charge in [-0.3, -0.25) is 4.90 Å². The molecule has 2 aromatic rings. The maximum absolute atomic E-state index is 11.3. The van der Waals surface area contributed by atoms with Gasteiger partial charge in [-0.1, -0.05) is 13.0 Å². The summed E-state index contributed by atoms with van der Waals surface area (Å²) in [5.41, 5.74) is 2.90. The molecule has 3 heterocycles. The van der Waals surface area contributed by atoms with E-state index in [1.807, 2.05) is 32.2 Å². The summed E-state index contributed by atoms with van der Waals surface area (Å²) < 4.78 is 22.3. The molecule has 0 aromatic heterocycles. The molecule has 146 valence electrons. The van der Waals surface area contributed by atoms with E-state index in [4.69, 9.17) is 18.9 Å². The predicted octanol–water partition coefficient (Wildman–Crippen LogP) is 2.00. The van der Waals surface area contributed by atoms with Gasteiger partial charge in [0.25, 0.3) is 0 Å². The lowest BCUT2D eigenvalue weighted by Crippen LogP contribution is -2.56. The summed E-state index contributed by atoms with van der Waals surface area (Å²) in [6.45, 7) is 3.03. The van der Waals surface area contributed by atoms with Crippen LogP contribution in [0.3, 0.4) is 0 Å². The Bertz CT molecular complexity index is 1010. The summed E-state index contributed by atoms with van der Waals surface area (Å²) in [6, 6.07) is 7.50. The molecule has 3 aliphatic heterocycles. The van der Waals surface area contributed by atoms with E-state index in [0.29, 0.717) is 23.6 Å². The largest absolute Gasteiger partial charge is 0.454 e. The molecule has 6 rings (SSSR count). The number of aliphatic hydroxyl groups excluding tert-OH is 2. The molecular weight excluding hydrogens is 362 g/mol. The van der Waals surface area contributed by atoms with Crippen LogP contribution in [0.2, 0.25) is 0 Å². The lowest BCUT2D eigenvalue weighted by Gasteiger charge is -2.55. The fourth-order valence-corrected chi connectivity index (χ4v) is 5.48. The van der Waals surface area contributed by atoms with E-state index in [1.165, 1.54) is 0 Å². The van der Waals surface area contributed by atoms with Crippen LogP contribution in [0.25, 0.3) is 0 Å². The number of nitrogens with zero attached hydrogens (tertiary/aromatic N) is 1. The Morgan fingerprint density at radius 1 is 0.964 bits per heavy atom. The van der Waals surface area contributed by atoms with Crippen molar-refractivity contribution in [1.82, 2.24) is 4.90 Å². The zero-order valence-electron chi connectivity index (χ0n) is 15.6. The van der Waals surface area contributed by atoms with Gasteiger partial charge in [0.1, 0.15) is 6.10 Å². The Morgan fingerprint density at radius 2 is 1.64 bits per heavy atom. The molecule has 2 N–H and O–H groups in total. The van der Waals surface area contributed by atoms with Crippen LogP contribution in [0.5, 0.6) is 23.0 Å². The van der Waals surface area contributed by atoms with Crippen LogP contribution in [-0.4, -0.2) is 41.9 Å². The van der Waals surface area contributed by atoms with Gasteiger partial charge in [-0.2, -0.15) is 0 Å². The van der Waals surface area contributed by atoms with Gasteiger partial charge in [-0.15, -0.1) is 0 Å². The second-order valence-electron chi connectivity index (χ2n) is 8.15. The molecule has 4 aliphatic rings. The second-order valence-corrected chi connectivity index (χ2v) is 8.15. The number of ether oxygens (including phenoxy) is 4. The smallest absolute Gasteiger partial charge is 0.231 e. The summed E-state index contributed by atoms with van der Waals surface area (Å²) in [7, 11) is 2.03. The average molecular weight is 383 g/mol. The van der Waals surface area contributed by atoms with Crippen molar-refractivity contribution < 1.29 is 29.2 Å². The molecule has 7 heteroatoms. The quantitative estimate of drug-likeness (QED) is 0.720. The summed E-state index contributed by atoms with van der Waals surface area (Å²) in [5, 5.41) is 22.4. The number of benzene rings is 2. The Balaban J connectivity index is 1.61. The minimum absolute atomic E-state index is 0.136. The summed E-state index contributed by atoms with van der Waals surface area (Å²) in [4.78, 5) is 2.19. The van der Waals surface area contributed by atoms with E-state index < -0.39 is 17.6 Å². The third-order valence-electron chi connectivity index (χ3n) is 6.74. The van der Waals surface area contributed by atoms with Crippen LogP contribution in [0.4, 0.5) is 0 Å². The highest BCUT2D eigenvalue weighted by molar-refractivity contribution is 5.60. The first-order valence-electron chi connectivity index (χ1n) is 9.42. The fourth-order valence-electron chi connectivity index (χ4n) is 5.48. The van der Waals surface area contributed by atoms with E-state index in [9.17, 15) is 10.2 Å². The number of rotatable bonds is 0. The number of hydrogen-bond acceptors (Lipinski definition) is 7. The van der Waals surface area contributed by atoms with E-state index >= 15 is 0 Å². The number of aliphatic hydroxyl groups is 2. The van der Waals surface area contributed by atoms with Gasteiger partial charge in [0.05, 0.1) is 6.10 Å².